The predicted molar refractivity (Wildman–Crippen MR) is 132 cm³/mol. The molecule has 0 aromatic heterocycles. The average Bonchev–Trinajstić information content (AvgIpc) is 3.21. The van der Waals surface area contributed by atoms with E-state index in [1.54, 1.807) is 4.90 Å². The van der Waals surface area contributed by atoms with Crippen LogP contribution in [0.2, 0.25) is 0 Å². The van der Waals surface area contributed by atoms with Crippen molar-refractivity contribution in [3.05, 3.63) is 131 Å². The first-order valence-corrected chi connectivity index (χ1v) is 11.4. The minimum Gasteiger partial charge on any atom is -0.457 e. The van der Waals surface area contributed by atoms with Gasteiger partial charge in [0.25, 0.3) is 5.91 Å². The van der Waals surface area contributed by atoms with E-state index in [2.05, 4.69) is 0 Å². The van der Waals surface area contributed by atoms with Crippen LogP contribution in [0, 0.1) is 0 Å². The largest absolute Gasteiger partial charge is 0.457 e. The van der Waals surface area contributed by atoms with Crippen LogP contribution in [0.1, 0.15) is 27.0 Å². The van der Waals surface area contributed by atoms with Gasteiger partial charge < -0.3 is 9.64 Å². The van der Waals surface area contributed by atoms with Crippen molar-refractivity contribution >= 4 is 11.7 Å². The van der Waals surface area contributed by atoms with Crippen molar-refractivity contribution in [2.75, 3.05) is 0 Å². The number of hydrogen-bond acceptors (Lipinski definition) is 3. The summed E-state index contributed by atoms with van der Waals surface area (Å²) in [5.74, 6) is 1.44. The molecule has 0 saturated heterocycles. The van der Waals surface area contributed by atoms with Gasteiger partial charge in [-0.3, -0.25) is 9.59 Å². The molecule has 0 radical (unpaired) electrons. The second-order valence-electron chi connectivity index (χ2n) is 8.50. The molecule has 0 aliphatic carbocycles. The second kappa shape index (κ2) is 9.75. The number of hydrogen-bond donors (Lipinski definition) is 0. The minimum atomic E-state index is -0.525. The molecule has 0 saturated carbocycles. The molecule has 1 atom stereocenters. The second-order valence-corrected chi connectivity index (χ2v) is 8.50. The third-order valence-electron chi connectivity index (χ3n) is 6.15. The molecule has 0 bridgehead atoms. The van der Waals surface area contributed by atoms with E-state index in [0.717, 1.165) is 22.4 Å². The fraction of sp³-hybridized carbons (Fsp3) is 0.133. The van der Waals surface area contributed by atoms with E-state index < -0.39 is 6.04 Å². The van der Waals surface area contributed by atoms with Crippen LogP contribution in [0.3, 0.4) is 0 Å². The number of amides is 1. The molecule has 0 spiro atoms. The van der Waals surface area contributed by atoms with E-state index in [9.17, 15) is 9.59 Å². The lowest BCUT2D eigenvalue weighted by atomic mass is 9.96. The number of carbonyl (C=O) groups is 2. The van der Waals surface area contributed by atoms with Crippen molar-refractivity contribution in [2.45, 2.75) is 25.4 Å². The lowest BCUT2D eigenvalue weighted by molar-refractivity contribution is -0.123. The molecule has 1 aliphatic rings. The summed E-state index contributed by atoms with van der Waals surface area (Å²) < 4.78 is 5.86. The first-order valence-electron chi connectivity index (χ1n) is 11.4. The molecule has 4 nitrogen and oxygen atoms in total. The van der Waals surface area contributed by atoms with Crippen molar-refractivity contribution in [3.8, 4) is 11.5 Å². The van der Waals surface area contributed by atoms with Crippen LogP contribution < -0.4 is 4.74 Å². The fourth-order valence-electron chi connectivity index (χ4n) is 4.38. The number of rotatable bonds is 8. The van der Waals surface area contributed by atoms with Gasteiger partial charge in [0.2, 0.25) is 0 Å². The highest BCUT2D eigenvalue weighted by molar-refractivity contribution is 6.01. The van der Waals surface area contributed by atoms with Crippen LogP contribution in [0.15, 0.2) is 109 Å². The highest BCUT2D eigenvalue weighted by Crippen LogP contribution is 2.27. The van der Waals surface area contributed by atoms with Gasteiger partial charge in [0.1, 0.15) is 11.5 Å². The molecule has 0 fully saturated rings. The topological polar surface area (TPSA) is 46.6 Å². The van der Waals surface area contributed by atoms with Crippen molar-refractivity contribution in [2.24, 2.45) is 0 Å². The Bertz CT molecular complexity index is 1280. The summed E-state index contributed by atoms with van der Waals surface area (Å²) >= 11 is 0. The molecule has 1 unspecified atom stereocenters. The molecule has 34 heavy (non-hydrogen) atoms. The first kappa shape index (κ1) is 21.7. The van der Waals surface area contributed by atoms with Crippen LogP contribution in [0.4, 0.5) is 0 Å². The van der Waals surface area contributed by atoms with Gasteiger partial charge >= 0.3 is 0 Å². The number of carbonyl (C=O) groups excluding carboxylic acids is 2. The van der Waals surface area contributed by atoms with Crippen LogP contribution in [0.5, 0.6) is 11.5 Å². The maximum atomic E-state index is 13.6. The molecule has 4 heteroatoms. The molecule has 0 N–H and O–H groups in total. The Balaban J connectivity index is 1.34. The lowest BCUT2D eigenvalue weighted by Crippen LogP contribution is -2.43. The molecule has 4 aromatic rings. The van der Waals surface area contributed by atoms with Crippen LogP contribution in [-0.2, 0) is 24.2 Å². The summed E-state index contributed by atoms with van der Waals surface area (Å²) in [5.41, 5.74) is 3.60. The first-order chi connectivity index (χ1) is 16.7. The van der Waals surface area contributed by atoms with Crippen LogP contribution >= 0.6 is 0 Å². The van der Waals surface area contributed by atoms with Crippen LogP contribution in [0.25, 0.3) is 0 Å². The maximum Gasteiger partial charge on any atom is 0.255 e. The Hall–Kier alpha value is -4.18. The monoisotopic (exact) mass is 447 g/mol. The quantitative estimate of drug-likeness (QED) is 0.340. The number of nitrogens with zero attached hydrogens (tertiary/aromatic N) is 1. The van der Waals surface area contributed by atoms with Gasteiger partial charge in [-0.25, -0.2) is 0 Å². The van der Waals surface area contributed by atoms with Crippen molar-refractivity contribution in [3.63, 3.8) is 0 Å². The number of fused-ring (bicyclic) bond motifs is 1. The minimum absolute atomic E-state index is 0.0294. The molecular weight excluding hydrogens is 422 g/mol. The SMILES string of the molecule is O=C(Cc1ccc(Oc2ccccc2)cc1)C(Cc1ccccc1)N1Cc2ccccc2C1=O. The van der Waals surface area contributed by atoms with Crippen molar-refractivity contribution in [1.82, 2.24) is 4.90 Å². The summed E-state index contributed by atoms with van der Waals surface area (Å²) in [6, 6.07) is 34.1. The fourth-order valence-corrected chi connectivity index (χ4v) is 4.38. The zero-order chi connectivity index (χ0) is 23.3. The third kappa shape index (κ3) is 4.76. The van der Waals surface area contributed by atoms with Crippen LogP contribution in [-0.4, -0.2) is 22.6 Å². The highest BCUT2D eigenvalue weighted by Gasteiger charge is 2.36. The van der Waals surface area contributed by atoms with E-state index in [0.29, 0.717) is 24.3 Å². The van der Waals surface area contributed by atoms with Gasteiger partial charge in [0.15, 0.2) is 5.78 Å². The summed E-state index contributed by atoms with van der Waals surface area (Å²) in [7, 11) is 0. The van der Waals surface area contributed by atoms with E-state index in [1.165, 1.54) is 0 Å². The number of ether oxygens (including phenoxy) is 1. The Labute approximate surface area is 199 Å². The normalized spacial score (nSPS) is 13.4. The summed E-state index contributed by atoms with van der Waals surface area (Å²) in [4.78, 5) is 28.4. The maximum absolute atomic E-state index is 13.6. The van der Waals surface area contributed by atoms with Gasteiger partial charge in [-0.1, -0.05) is 78.9 Å². The predicted octanol–water partition coefficient (Wildman–Crippen LogP) is 5.86. The van der Waals surface area contributed by atoms with E-state index in [1.807, 2.05) is 109 Å². The molecule has 1 heterocycles. The van der Waals surface area contributed by atoms with Gasteiger partial charge in [-0.05, 0) is 53.4 Å². The lowest BCUT2D eigenvalue weighted by Gasteiger charge is -2.27. The summed E-state index contributed by atoms with van der Waals surface area (Å²) in [6.07, 6.45) is 0.748. The van der Waals surface area contributed by atoms with Gasteiger partial charge in [-0.15, -0.1) is 0 Å². The molecule has 1 amide bonds. The zero-order valence-electron chi connectivity index (χ0n) is 18.8. The smallest absolute Gasteiger partial charge is 0.255 e. The summed E-state index contributed by atoms with van der Waals surface area (Å²) in [6.45, 7) is 0.460. The summed E-state index contributed by atoms with van der Waals surface area (Å²) in [5, 5.41) is 0. The molecule has 4 aromatic carbocycles. The third-order valence-corrected chi connectivity index (χ3v) is 6.15. The highest BCUT2D eigenvalue weighted by atomic mass is 16.5. The van der Waals surface area contributed by atoms with E-state index in [-0.39, 0.29) is 18.1 Å². The molecule has 168 valence electrons. The van der Waals surface area contributed by atoms with Crippen molar-refractivity contribution < 1.29 is 14.3 Å². The average molecular weight is 448 g/mol. The van der Waals surface area contributed by atoms with E-state index in [4.69, 9.17) is 4.74 Å². The molecule has 1 aliphatic heterocycles. The Kier molecular flexibility index (Phi) is 6.21. The Morgan fingerprint density at radius 3 is 2.06 bits per heavy atom. The number of Topliss-reactive ketones (excluding diaryl/α,β-unsaturated/α-hetero) is 1. The standard InChI is InChI=1S/C30H25NO3/c32-29(20-23-15-17-26(18-16-23)34-25-12-5-2-6-13-25)28(19-22-9-3-1-4-10-22)31-21-24-11-7-8-14-27(24)30(31)33/h1-18,28H,19-21H2. The Morgan fingerprint density at radius 2 is 1.35 bits per heavy atom. The Morgan fingerprint density at radius 1 is 0.735 bits per heavy atom. The van der Waals surface area contributed by atoms with Gasteiger partial charge in [0.05, 0.1) is 6.04 Å². The van der Waals surface area contributed by atoms with E-state index >= 15 is 0 Å². The van der Waals surface area contributed by atoms with Crippen molar-refractivity contribution in [1.29, 1.82) is 0 Å². The number of benzene rings is 4. The zero-order valence-corrected chi connectivity index (χ0v) is 18.8. The molecular formula is C30H25NO3. The number of para-hydroxylation sites is 1. The molecule has 5 rings (SSSR count). The van der Waals surface area contributed by atoms with Gasteiger partial charge in [0, 0.05) is 18.5 Å². The van der Waals surface area contributed by atoms with Gasteiger partial charge in [-0.2, -0.15) is 0 Å². The number of ketones is 1.